The summed E-state index contributed by atoms with van der Waals surface area (Å²) in [6.07, 6.45) is 2.47. The van der Waals surface area contributed by atoms with Gasteiger partial charge in [0.1, 0.15) is 6.17 Å². The largest absolute Gasteiger partial charge is 0.377 e. The van der Waals surface area contributed by atoms with Crippen LogP contribution in [-0.4, -0.2) is 61.0 Å². The third-order valence-electron chi connectivity index (χ3n) is 7.90. The highest BCUT2D eigenvalue weighted by Gasteiger charge is 2.44. The van der Waals surface area contributed by atoms with E-state index < -0.39 is 0 Å². The lowest BCUT2D eigenvalue weighted by atomic mass is 9.93. The van der Waals surface area contributed by atoms with E-state index in [1.54, 1.807) is 0 Å². The zero-order valence-electron chi connectivity index (χ0n) is 22.6. The number of carbonyl (C=O) groups excluding carboxylic acids is 1. The van der Waals surface area contributed by atoms with Crippen LogP contribution in [0.4, 0.5) is 11.4 Å². The van der Waals surface area contributed by atoms with Crippen LogP contribution in [0.2, 0.25) is 0 Å². The second-order valence-electron chi connectivity index (χ2n) is 11.1. The van der Waals surface area contributed by atoms with E-state index in [-0.39, 0.29) is 24.2 Å². The quantitative estimate of drug-likeness (QED) is 0.420. The smallest absolute Gasteiger partial charge is 0.255 e. The molecule has 2 fully saturated rings. The summed E-state index contributed by atoms with van der Waals surface area (Å²) in [5.41, 5.74) is 4.30. The first-order valence-corrected chi connectivity index (χ1v) is 13.4. The van der Waals surface area contributed by atoms with Crippen molar-refractivity contribution >= 4 is 28.1 Å². The van der Waals surface area contributed by atoms with Gasteiger partial charge in [0.15, 0.2) is 0 Å². The van der Waals surface area contributed by atoms with Crippen molar-refractivity contribution in [3.63, 3.8) is 0 Å². The second-order valence-corrected chi connectivity index (χ2v) is 11.1. The van der Waals surface area contributed by atoms with Crippen molar-refractivity contribution in [2.75, 3.05) is 37.0 Å². The van der Waals surface area contributed by atoms with Crippen LogP contribution < -0.4 is 9.80 Å². The van der Waals surface area contributed by atoms with Gasteiger partial charge in [-0.05, 0) is 64.1 Å². The summed E-state index contributed by atoms with van der Waals surface area (Å²) in [7, 11) is 4.14. The van der Waals surface area contributed by atoms with Gasteiger partial charge < -0.3 is 14.7 Å². The summed E-state index contributed by atoms with van der Waals surface area (Å²) < 4.78 is 0. The fraction of sp³-hybridized carbons (Fsp3) is 0.452. The number of rotatable bonds is 6. The van der Waals surface area contributed by atoms with Crippen molar-refractivity contribution < 1.29 is 4.79 Å². The fourth-order valence-electron chi connectivity index (χ4n) is 6.48. The van der Waals surface area contributed by atoms with Crippen LogP contribution >= 0.6 is 0 Å². The average molecular weight is 485 g/mol. The molecule has 0 aliphatic carbocycles. The number of fused-ring (bicyclic) bond motifs is 2. The first-order chi connectivity index (χ1) is 17.3. The Bertz CT molecular complexity index is 1230. The van der Waals surface area contributed by atoms with Crippen LogP contribution in [0.15, 0.2) is 60.7 Å². The fourth-order valence-corrected chi connectivity index (χ4v) is 6.48. The molecule has 5 rings (SSSR count). The van der Waals surface area contributed by atoms with Gasteiger partial charge in [-0.15, -0.1) is 0 Å². The molecule has 2 saturated heterocycles. The maximum atomic E-state index is 14.6. The number of benzene rings is 3. The highest BCUT2D eigenvalue weighted by Crippen LogP contribution is 2.45. The normalized spacial score (nSPS) is 19.9. The molecule has 0 radical (unpaired) electrons. The molecule has 190 valence electrons. The number of carbonyl (C=O) groups is 1. The van der Waals surface area contributed by atoms with Gasteiger partial charge in [-0.2, -0.15) is 0 Å². The van der Waals surface area contributed by atoms with Gasteiger partial charge in [-0.25, -0.2) is 0 Å². The summed E-state index contributed by atoms with van der Waals surface area (Å²) in [5, 5.41) is 2.18. The molecule has 3 aromatic carbocycles. The highest BCUT2D eigenvalue weighted by molar-refractivity contribution is 6.13. The van der Waals surface area contributed by atoms with Crippen molar-refractivity contribution in [1.82, 2.24) is 9.80 Å². The number of anilines is 2. The lowest BCUT2D eigenvalue weighted by Crippen LogP contribution is -2.43. The molecule has 0 N–H and O–H groups in total. The zero-order chi connectivity index (χ0) is 25.6. The molecule has 0 aromatic heterocycles. The third-order valence-corrected chi connectivity index (χ3v) is 7.90. The molecule has 3 aromatic rings. The third kappa shape index (κ3) is 4.13. The Hall–Kier alpha value is -3.05. The van der Waals surface area contributed by atoms with Crippen LogP contribution in [0, 0.1) is 0 Å². The van der Waals surface area contributed by atoms with Crippen LogP contribution in [0.5, 0.6) is 0 Å². The van der Waals surface area contributed by atoms with Crippen molar-refractivity contribution in [3.05, 3.63) is 71.8 Å². The Morgan fingerprint density at radius 1 is 0.917 bits per heavy atom. The van der Waals surface area contributed by atoms with Crippen LogP contribution in [0.25, 0.3) is 10.8 Å². The van der Waals surface area contributed by atoms with E-state index in [0.717, 1.165) is 40.7 Å². The molecule has 0 bridgehead atoms. The van der Waals surface area contributed by atoms with Crippen molar-refractivity contribution in [2.24, 2.45) is 0 Å². The van der Waals surface area contributed by atoms with Crippen molar-refractivity contribution in [3.8, 4) is 0 Å². The second kappa shape index (κ2) is 9.78. The molecule has 0 saturated carbocycles. The summed E-state index contributed by atoms with van der Waals surface area (Å²) in [6, 6.07) is 22.3. The van der Waals surface area contributed by atoms with E-state index in [2.05, 4.69) is 117 Å². The molecule has 2 aliphatic rings. The van der Waals surface area contributed by atoms with Gasteiger partial charge in [-0.1, -0.05) is 42.5 Å². The van der Waals surface area contributed by atoms with Gasteiger partial charge >= 0.3 is 0 Å². The molecule has 0 spiro atoms. The summed E-state index contributed by atoms with van der Waals surface area (Å²) in [4.78, 5) is 23.9. The molecule has 1 amide bonds. The van der Waals surface area contributed by atoms with Gasteiger partial charge in [0.25, 0.3) is 5.91 Å². The summed E-state index contributed by atoms with van der Waals surface area (Å²) >= 11 is 0. The minimum absolute atomic E-state index is 0.0413. The van der Waals surface area contributed by atoms with Gasteiger partial charge in [0.05, 0.1) is 5.56 Å². The molecule has 2 atom stereocenters. The molecule has 0 unspecified atom stereocenters. The lowest BCUT2D eigenvalue weighted by molar-refractivity contribution is 0.0642. The predicted molar refractivity (Wildman–Crippen MR) is 151 cm³/mol. The minimum atomic E-state index is 0.0413. The molecular formula is C31H40N4O. The zero-order valence-corrected chi connectivity index (χ0v) is 22.6. The number of hydrogen-bond acceptors (Lipinski definition) is 4. The predicted octanol–water partition coefficient (Wildman–Crippen LogP) is 6.15. The average Bonchev–Trinajstić information content (AvgIpc) is 3.44. The Morgan fingerprint density at radius 2 is 1.64 bits per heavy atom. The van der Waals surface area contributed by atoms with Crippen molar-refractivity contribution in [2.45, 2.75) is 64.8 Å². The van der Waals surface area contributed by atoms with Gasteiger partial charge in [-0.3, -0.25) is 9.69 Å². The van der Waals surface area contributed by atoms with Crippen LogP contribution in [-0.2, 0) is 0 Å². The number of nitrogens with zero attached hydrogens (tertiary/aromatic N) is 4. The Morgan fingerprint density at radius 3 is 2.31 bits per heavy atom. The van der Waals surface area contributed by atoms with Crippen molar-refractivity contribution in [1.29, 1.82) is 0 Å². The molecule has 5 heteroatoms. The standard InChI is InChI=1S/C31H40N4O/c1-21(2)35(22(3)4)31(36)29-26(18-17-23-12-10-16-27(28(23)29)32(5)6)30-33-19-11-15-25(33)20-34(30)24-13-8-7-9-14-24/h7-10,12-14,16-18,21-22,25,30H,11,15,19-20H2,1-6H3/t25-,30+/m0/s1. The van der Waals surface area contributed by atoms with E-state index in [1.165, 1.54) is 18.5 Å². The summed E-state index contributed by atoms with van der Waals surface area (Å²) in [6.45, 7) is 10.6. The lowest BCUT2D eigenvalue weighted by Gasteiger charge is -2.36. The van der Waals surface area contributed by atoms with E-state index in [4.69, 9.17) is 0 Å². The number of hydrogen-bond donors (Lipinski definition) is 0. The summed E-state index contributed by atoms with van der Waals surface area (Å²) in [5.74, 6) is 0.130. The SMILES string of the molecule is CC(C)N(C(=O)c1c([C@H]2N(c3ccccc3)C[C@@H]3CCCN32)ccc2cccc(N(C)C)c12)C(C)C. The van der Waals surface area contributed by atoms with Gasteiger partial charge in [0, 0.05) is 67.6 Å². The Balaban J connectivity index is 1.79. The molecule has 5 nitrogen and oxygen atoms in total. The maximum Gasteiger partial charge on any atom is 0.255 e. The van der Waals surface area contributed by atoms with Crippen LogP contribution in [0.1, 0.15) is 62.6 Å². The van der Waals surface area contributed by atoms with E-state index in [9.17, 15) is 4.79 Å². The monoisotopic (exact) mass is 484 g/mol. The van der Waals surface area contributed by atoms with Crippen LogP contribution in [0.3, 0.4) is 0 Å². The molecular weight excluding hydrogens is 444 g/mol. The minimum Gasteiger partial charge on any atom is -0.377 e. The van der Waals surface area contributed by atoms with E-state index in [1.807, 2.05) is 4.90 Å². The van der Waals surface area contributed by atoms with Gasteiger partial charge in [0.2, 0.25) is 0 Å². The Kier molecular flexibility index (Phi) is 6.69. The Labute approximate surface area is 216 Å². The maximum absolute atomic E-state index is 14.6. The first kappa shape index (κ1) is 24.6. The first-order valence-electron chi connectivity index (χ1n) is 13.4. The molecule has 36 heavy (non-hydrogen) atoms. The number of para-hydroxylation sites is 1. The van der Waals surface area contributed by atoms with E-state index in [0.29, 0.717) is 6.04 Å². The van der Waals surface area contributed by atoms with E-state index >= 15 is 0 Å². The molecule has 2 aliphatic heterocycles. The highest BCUT2D eigenvalue weighted by atomic mass is 16.2. The molecule has 2 heterocycles. The topological polar surface area (TPSA) is 30.0 Å². The number of amides is 1.